The van der Waals surface area contributed by atoms with Crippen molar-refractivity contribution in [3.05, 3.63) is 42.1 Å². The van der Waals surface area contributed by atoms with Gasteiger partial charge in [-0.05, 0) is 35.6 Å². The molecular formula is C13H13NS2. The van der Waals surface area contributed by atoms with Crippen LogP contribution in [0, 0.1) is 0 Å². The topological polar surface area (TPSA) is 12.9 Å². The summed E-state index contributed by atoms with van der Waals surface area (Å²) in [5, 5.41) is 1.32. The van der Waals surface area contributed by atoms with E-state index in [0.29, 0.717) is 4.58 Å². The number of rotatable bonds is 1. The summed E-state index contributed by atoms with van der Waals surface area (Å²) in [5.74, 6) is 2.57. The first kappa shape index (κ1) is 10.5. The molecule has 16 heavy (non-hydrogen) atoms. The van der Waals surface area contributed by atoms with Crippen molar-refractivity contribution in [2.24, 2.45) is 0 Å². The zero-order valence-electron chi connectivity index (χ0n) is 8.93. The molecule has 1 aliphatic rings. The molecule has 0 aliphatic carbocycles. The average Bonchev–Trinajstić information content (AvgIpc) is 2.39. The van der Waals surface area contributed by atoms with Crippen LogP contribution in [0.25, 0.3) is 10.9 Å². The van der Waals surface area contributed by atoms with E-state index < -0.39 is 0 Å². The molecule has 1 aromatic carbocycles. The molecule has 1 saturated heterocycles. The molecule has 0 radical (unpaired) electrons. The van der Waals surface area contributed by atoms with Gasteiger partial charge in [-0.2, -0.15) is 0 Å². The third kappa shape index (κ3) is 1.94. The highest BCUT2D eigenvalue weighted by molar-refractivity contribution is 8.16. The molecule has 82 valence electrons. The van der Waals surface area contributed by atoms with Gasteiger partial charge in [0.05, 0.1) is 10.1 Å². The van der Waals surface area contributed by atoms with E-state index in [1.807, 2.05) is 6.20 Å². The van der Waals surface area contributed by atoms with Crippen molar-refractivity contribution in [1.29, 1.82) is 0 Å². The molecule has 0 bridgehead atoms. The minimum absolute atomic E-state index is 0.599. The summed E-state index contributed by atoms with van der Waals surface area (Å²) >= 11 is 4.13. The van der Waals surface area contributed by atoms with E-state index in [9.17, 15) is 0 Å². The molecule has 0 spiro atoms. The predicted molar refractivity (Wildman–Crippen MR) is 74.0 cm³/mol. The normalized spacial score (nSPS) is 17.8. The number of para-hydroxylation sites is 1. The summed E-state index contributed by atoms with van der Waals surface area (Å²) in [5.41, 5.74) is 2.56. The molecule has 3 rings (SSSR count). The summed E-state index contributed by atoms with van der Waals surface area (Å²) in [6.07, 6.45) is 3.28. The molecule has 0 N–H and O–H groups in total. The number of pyridine rings is 1. The number of hydrogen-bond acceptors (Lipinski definition) is 3. The Morgan fingerprint density at radius 3 is 2.75 bits per heavy atom. The zero-order chi connectivity index (χ0) is 10.8. The maximum absolute atomic E-state index is 4.42. The molecule has 0 saturated carbocycles. The zero-order valence-corrected chi connectivity index (χ0v) is 10.6. The van der Waals surface area contributed by atoms with E-state index in [0.717, 1.165) is 5.52 Å². The molecule has 0 amide bonds. The van der Waals surface area contributed by atoms with Crippen molar-refractivity contribution in [3.63, 3.8) is 0 Å². The van der Waals surface area contributed by atoms with Crippen molar-refractivity contribution in [2.45, 2.75) is 11.0 Å². The minimum atomic E-state index is 0.599. The average molecular weight is 247 g/mol. The van der Waals surface area contributed by atoms with Gasteiger partial charge in [0.1, 0.15) is 0 Å². The third-order valence-electron chi connectivity index (χ3n) is 2.76. The van der Waals surface area contributed by atoms with E-state index in [4.69, 9.17) is 0 Å². The van der Waals surface area contributed by atoms with Gasteiger partial charge in [-0.15, -0.1) is 23.5 Å². The molecule has 0 atom stereocenters. The number of benzene rings is 1. The van der Waals surface area contributed by atoms with Gasteiger partial charge in [-0.25, -0.2) is 0 Å². The Kier molecular flexibility index (Phi) is 3.06. The van der Waals surface area contributed by atoms with Gasteiger partial charge in [-0.1, -0.05) is 18.2 Å². The van der Waals surface area contributed by atoms with Crippen molar-refractivity contribution >= 4 is 34.4 Å². The second-order valence-corrected chi connectivity index (χ2v) is 6.57. The standard InChI is InChI=1S/C13H13NS2/c1-2-5-12-10(4-1)11(6-7-14-12)13-15-8-3-9-16-13/h1-2,4-7,13H,3,8-9H2. The van der Waals surface area contributed by atoms with Crippen LogP contribution in [-0.4, -0.2) is 16.5 Å². The molecule has 1 fully saturated rings. The van der Waals surface area contributed by atoms with Crippen LogP contribution in [0.2, 0.25) is 0 Å². The molecular weight excluding hydrogens is 234 g/mol. The minimum Gasteiger partial charge on any atom is -0.256 e. The molecule has 0 unspecified atom stereocenters. The van der Waals surface area contributed by atoms with Gasteiger partial charge < -0.3 is 0 Å². The van der Waals surface area contributed by atoms with E-state index in [1.165, 1.54) is 28.9 Å². The first-order valence-electron chi connectivity index (χ1n) is 5.52. The maximum atomic E-state index is 4.42. The maximum Gasteiger partial charge on any atom is 0.0758 e. The Morgan fingerprint density at radius 1 is 1.06 bits per heavy atom. The number of hydrogen-bond donors (Lipinski definition) is 0. The van der Waals surface area contributed by atoms with Gasteiger partial charge in [0.15, 0.2) is 0 Å². The number of fused-ring (bicyclic) bond motifs is 1. The van der Waals surface area contributed by atoms with Gasteiger partial charge in [0.25, 0.3) is 0 Å². The Hall–Kier alpha value is -0.670. The van der Waals surface area contributed by atoms with Gasteiger partial charge >= 0.3 is 0 Å². The quantitative estimate of drug-likeness (QED) is 0.753. The fourth-order valence-corrected chi connectivity index (χ4v) is 4.96. The highest BCUT2D eigenvalue weighted by atomic mass is 32.2. The van der Waals surface area contributed by atoms with Crippen LogP contribution in [0.4, 0.5) is 0 Å². The van der Waals surface area contributed by atoms with Crippen molar-refractivity contribution in [1.82, 2.24) is 4.98 Å². The summed E-state index contributed by atoms with van der Waals surface area (Å²) in [7, 11) is 0. The molecule has 1 nitrogen and oxygen atoms in total. The molecule has 2 aromatic rings. The second kappa shape index (κ2) is 4.68. The number of aromatic nitrogens is 1. The monoisotopic (exact) mass is 247 g/mol. The smallest absolute Gasteiger partial charge is 0.0758 e. The van der Waals surface area contributed by atoms with Gasteiger partial charge in [-0.3, -0.25) is 4.98 Å². The summed E-state index contributed by atoms with van der Waals surface area (Å²) in [6, 6.07) is 10.6. The van der Waals surface area contributed by atoms with Gasteiger partial charge in [0.2, 0.25) is 0 Å². The number of thioether (sulfide) groups is 2. The Balaban J connectivity index is 2.08. The summed E-state index contributed by atoms with van der Waals surface area (Å²) < 4.78 is 0.599. The highest BCUT2D eigenvalue weighted by Crippen LogP contribution is 2.45. The Bertz CT molecular complexity index is 487. The van der Waals surface area contributed by atoms with Crippen molar-refractivity contribution in [3.8, 4) is 0 Å². The predicted octanol–water partition coefficient (Wildman–Crippen LogP) is 4.10. The van der Waals surface area contributed by atoms with Crippen LogP contribution in [0.1, 0.15) is 16.6 Å². The van der Waals surface area contributed by atoms with Crippen molar-refractivity contribution < 1.29 is 0 Å². The van der Waals surface area contributed by atoms with E-state index >= 15 is 0 Å². The van der Waals surface area contributed by atoms with Crippen LogP contribution in [0.15, 0.2) is 36.5 Å². The largest absolute Gasteiger partial charge is 0.256 e. The fourth-order valence-electron chi connectivity index (χ4n) is 1.99. The van der Waals surface area contributed by atoms with Crippen LogP contribution >= 0.6 is 23.5 Å². The first-order chi connectivity index (χ1) is 7.95. The second-order valence-electron chi connectivity index (χ2n) is 3.84. The molecule has 1 aliphatic heterocycles. The highest BCUT2D eigenvalue weighted by Gasteiger charge is 2.18. The fraction of sp³-hybridized carbons (Fsp3) is 0.308. The SMILES string of the molecule is c1ccc2c(C3SCCCS3)ccnc2c1. The lowest BCUT2D eigenvalue weighted by atomic mass is 10.1. The summed E-state index contributed by atoms with van der Waals surface area (Å²) in [4.78, 5) is 4.42. The lowest BCUT2D eigenvalue weighted by molar-refractivity contribution is 1.10. The molecule has 3 heteroatoms. The van der Waals surface area contributed by atoms with Crippen LogP contribution in [0.5, 0.6) is 0 Å². The molecule has 2 heterocycles. The third-order valence-corrected chi connectivity index (χ3v) is 5.74. The van der Waals surface area contributed by atoms with Crippen LogP contribution in [0.3, 0.4) is 0 Å². The molecule has 1 aromatic heterocycles. The van der Waals surface area contributed by atoms with E-state index in [-0.39, 0.29) is 0 Å². The van der Waals surface area contributed by atoms with E-state index in [2.05, 4.69) is 58.8 Å². The summed E-state index contributed by atoms with van der Waals surface area (Å²) in [6.45, 7) is 0. The lowest BCUT2D eigenvalue weighted by Gasteiger charge is -2.22. The number of nitrogens with zero attached hydrogens (tertiary/aromatic N) is 1. The first-order valence-corrected chi connectivity index (χ1v) is 7.62. The van der Waals surface area contributed by atoms with Crippen molar-refractivity contribution in [2.75, 3.05) is 11.5 Å². The Morgan fingerprint density at radius 2 is 1.88 bits per heavy atom. The van der Waals surface area contributed by atoms with E-state index in [1.54, 1.807) is 0 Å². The van der Waals surface area contributed by atoms with Gasteiger partial charge in [0, 0.05) is 11.6 Å². The van der Waals surface area contributed by atoms with Crippen LogP contribution < -0.4 is 0 Å². The Labute approximate surface area is 104 Å². The van der Waals surface area contributed by atoms with Crippen LogP contribution in [-0.2, 0) is 0 Å². The lowest BCUT2D eigenvalue weighted by Crippen LogP contribution is -2.01.